The molecule has 3 aromatic rings. The summed E-state index contributed by atoms with van der Waals surface area (Å²) in [6.07, 6.45) is 0. The molecule has 32 heavy (non-hydrogen) atoms. The smallest absolute Gasteiger partial charge is 0.338 e. The number of nitrogens with one attached hydrogen (secondary N) is 1. The van der Waals surface area contributed by atoms with E-state index in [1.807, 2.05) is 19.1 Å². The van der Waals surface area contributed by atoms with Crippen LogP contribution in [0.3, 0.4) is 0 Å². The van der Waals surface area contributed by atoms with Gasteiger partial charge in [-0.1, -0.05) is 42.0 Å². The minimum absolute atomic E-state index is 0.118. The second-order valence-electron chi connectivity index (χ2n) is 7.40. The number of benzene rings is 3. The maximum absolute atomic E-state index is 12.7. The molecule has 2 amide bonds. The van der Waals surface area contributed by atoms with Crippen LogP contribution >= 0.6 is 0 Å². The van der Waals surface area contributed by atoms with Crippen molar-refractivity contribution in [2.75, 3.05) is 11.9 Å². The number of rotatable bonds is 8. The molecule has 0 radical (unpaired) electrons. The molecule has 7 nitrogen and oxygen atoms in total. The van der Waals surface area contributed by atoms with E-state index in [2.05, 4.69) is 5.32 Å². The van der Waals surface area contributed by atoms with E-state index in [1.54, 1.807) is 60.7 Å². The van der Waals surface area contributed by atoms with E-state index < -0.39 is 17.8 Å². The summed E-state index contributed by atoms with van der Waals surface area (Å²) in [5.41, 5.74) is 15.1. The maximum Gasteiger partial charge on any atom is 0.338 e. The number of primary amides is 1. The first-order chi connectivity index (χ1) is 15.4. The molecule has 0 heterocycles. The lowest BCUT2D eigenvalue weighted by atomic mass is 9.97. The predicted octanol–water partition coefficient (Wildman–Crippen LogP) is 3.13. The molecule has 0 saturated heterocycles. The van der Waals surface area contributed by atoms with E-state index >= 15 is 0 Å². The highest BCUT2D eigenvalue weighted by Gasteiger charge is 2.19. The van der Waals surface area contributed by atoms with Crippen LogP contribution in [0.25, 0.3) is 0 Å². The SMILES string of the molecule is Cc1ccc(C(=O)OCc2ccc(C(CN)C(=O)Nc3ccc(C(N)=O)cc3)cc2)cc1. The third kappa shape index (κ3) is 5.80. The van der Waals surface area contributed by atoms with Crippen LogP contribution < -0.4 is 16.8 Å². The minimum Gasteiger partial charge on any atom is -0.457 e. The molecular weight excluding hydrogens is 406 g/mol. The summed E-state index contributed by atoms with van der Waals surface area (Å²) >= 11 is 0. The van der Waals surface area contributed by atoms with Crippen molar-refractivity contribution >= 4 is 23.5 Å². The summed E-state index contributed by atoms with van der Waals surface area (Å²) < 4.78 is 5.36. The number of esters is 1. The maximum atomic E-state index is 12.7. The Bertz CT molecular complexity index is 1090. The normalized spacial score (nSPS) is 11.4. The fraction of sp³-hybridized carbons (Fsp3) is 0.160. The topological polar surface area (TPSA) is 125 Å². The highest BCUT2D eigenvalue weighted by atomic mass is 16.5. The molecule has 0 spiro atoms. The molecule has 7 heteroatoms. The fourth-order valence-corrected chi connectivity index (χ4v) is 3.11. The highest BCUT2D eigenvalue weighted by molar-refractivity contribution is 5.97. The van der Waals surface area contributed by atoms with Gasteiger partial charge in [0.2, 0.25) is 11.8 Å². The van der Waals surface area contributed by atoms with Gasteiger partial charge in [-0.05, 0) is 54.4 Å². The number of hydrogen-bond donors (Lipinski definition) is 3. The van der Waals surface area contributed by atoms with E-state index in [0.29, 0.717) is 16.8 Å². The van der Waals surface area contributed by atoms with Crippen LogP contribution in [0.1, 0.15) is 43.3 Å². The third-order valence-corrected chi connectivity index (χ3v) is 5.03. The Morgan fingerprint density at radius 2 is 1.47 bits per heavy atom. The molecule has 3 rings (SSSR count). The first-order valence-corrected chi connectivity index (χ1v) is 10.1. The molecule has 0 fully saturated rings. The Hall–Kier alpha value is -3.97. The number of amides is 2. The van der Waals surface area contributed by atoms with Crippen molar-refractivity contribution in [1.29, 1.82) is 0 Å². The van der Waals surface area contributed by atoms with Crippen molar-refractivity contribution in [3.63, 3.8) is 0 Å². The van der Waals surface area contributed by atoms with Crippen molar-refractivity contribution in [2.45, 2.75) is 19.4 Å². The Morgan fingerprint density at radius 1 is 0.875 bits per heavy atom. The molecule has 0 aliphatic carbocycles. The van der Waals surface area contributed by atoms with Crippen molar-refractivity contribution in [2.24, 2.45) is 11.5 Å². The van der Waals surface area contributed by atoms with E-state index in [9.17, 15) is 14.4 Å². The molecule has 1 atom stereocenters. The second-order valence-corrected chi connectivity index (χ2v) is 7.40. The van der Waals surface area contributed by atoms with Gasteiger partial charge in [-0.25, -0.2) is 4.79 Å². The number of ether oxygens (including phenoxy) is 1. The molecule has 0 bridgehead atoms. The zero-order valence-electron chi connectivity index (χ0n) is 17.7. The lowest BCUT2D eigenvalue weighted by Gasteiger charge is -2.16. The molecule has 1 unspecified atom stereocenters. The van der Waals surface area contributed by atoms with Crippen molar-refractivity contribution in [3.8, 4) is 0 Å². The average Bonchev–Trinajstić information content (AvgIpc) is 2.79. The van der Waals surface area contributed by atoms with Gasteiger partial charge in [-0.2, -0.15) is 0 Å². The molecule has 0 aliphatic heterocycles. The Balaban J connectivity index is 1.60. The van der Waals surface area contributed by atoms with Gasteiger partial charge in [-0.3, -0.25) is 9.59 Å². The molecule has 164 valence electrons. The van der Waals surface area contributed by atoms with Crippen LogP contribution in [0.15, 0.2) is 72.8 Å². The Morgan fingerprint density at radius 3 is 2.03 bits per heavy atom. The zero-order chi connectivity index (χ0) is 23.1. The molecule has 3 aromatic carbocycles. The second kappa shape index (κ2) is 10.4. The fourth-order valence-electron chi connectivity index (χ4n) is 3.11. The van der Waals surface area contributed by atoms with Crippen LogP contribution in [0, 0.1) is 6.92 Å². The number of hydrogen-bond acceptors (Lipinski definition) is 5. The summed E-state index contributed by atoms with van der Waals surface area (Å²) in [6, 6.07) is 20.7. The van der Waals surface area contributed by atoms with E-state index in [1.165, 1.54) is 0 Å². The zero-order valence-corrected chi connectivity index (χ0v) is 17.7. The van der Waals surface area contributed by atoms with Crippen molar-refractivity contribution < 1.29 is 19.1 Å². The lowest BCUT2D eigenvalue weighted by molar-refractivity contribution is -0.117. The van der Waals surface area contributed by atoms with Crippen LogP contribution in [0.4, 0.5) is 5.69 Å². The average molecular weight is 431 g/mol. The van der Waals surface area contributed by atoms with Crippen molar-refractivity contribution in [1.82, 2.24) is 0 Å². The monoisotopic (exact) mass is 431 g/mol. The first-order valence-electron chi connectivity index (χ1n) is 10.1. The lowest BCUT2D eigenvalue weighted by Crippen LogP contribution is -2.27. The van der Waals surface area contributed by atoms with Gasteiger partial charge >= 0.3 is 5.97 Å². The minimum atomic E-state index is -0.560. The number of anilines is 1. The summed E-state index contributed by atoms with van der Waals surface area (Å²) in [5.74, 6) is -1.75. The third-order valence-electron chi connectivity index (χ3n) is 5.03. The van der Waals surface area contributed by atoms with E-state index in [-0.39, 0.29) is 19.1 Å². The number of carbonyl (C=O) groups is 3. The van der Waals surface area contributed by atoms with Gasteiger partial charge in [0.25, 0.3) is 0 Å². The summed E-state index contributed by atoms with van der Waals surface area (Å²) in [6.45, 7) is 2.19. The summed E-state index contributed by atoms with van der Waals surface area (Å²) in [7, 11) is 0. The highest BCUT2D eigenvalue weighted by Crippen LogP contribution is 2.19. The van der Waals surface area contributed by atoms with Crippen LogP contribution in [-0.2, 0) is 16.1 Å². The van der Waals surface area contributed by atoms with Gasteiger partial charge in [0.05, 0.1) is 11.5 Å². The number of nitrogens with two attached hydrogens (primary N) is 2. The standard InChI is InChI=1S/C25H25N3O4/c1-16-2-6-20(7-3-16)25(31)32-15-17-4-8-18(9-5-17)22(14-26)24(30)28-21-12-10-19(11-13-21)23(27)29/h2-13,22H,14-15,26H2,1H3,(H2,27,29)(H,28,30). The largest absolute Gasteiger partial charge is 0.457 e. The van der Waals surface area contributed by atoms with Gasteiger partial charge in [-0.15, -0.1) is 0 Å². The summed E-state index contributed by atoms with van der Waals surface area (Å²) in [5, 5.41) is 2.79. The van der Waals surface area contributed by atoms with Crippen molar-refractivity contribution in [3.05, 3.63) is 101 Å². The van der Waals surface area contributed by atoms with Gasteiger partial charge in [0.15, 0.2) is 0 Å². The molecule has 0 aromatic heterocycles. The van der Waals surface area contributed by atoms with E-state index in [0.717, 1.165) is 16.7 Å². The van der Waals surface area contributed by atoms with Gasteiger partial charge in [0.1, 0.15) is 6.61 Å². The van der Waals surface area contributed by atoms with Gasteiger partial charge in [0, 0.05) is 17.8 Å². The molecule has 0 aliphatic rings. The number of aryl methyl sites for hydroxylation is 1. The molecule has 5 N–H and O–H groups in total. The number of carbonyl (C=O) groups excluding carboxylic acids is 3. The quantitative estimate of drug-likeness (QED) is 0.473. The van der Waals surface area contributed by atoms with Gasteiger partial charge < -0.3 is 21.5 Å². The van der Waals surface area contributed by atoms with E-state index in [4.69, 9.17) is 16.2 Å². The predicted molar refractivity (Wildman–Crippen MR) is 122 cm³/mol. The Kier molecular flexibility index (Phi) is 7.36. The van der Waals surface area contributed by atoms with Crippen LogP contribution in [-0.4, -0.2) is 24.3 Å². The molecular formula is C25H25N3O4. The van der Waals surface area contributed by atoms with Crippen LogP contribution in [0.2, 0.25) is 0 Å². The Labute approximate surface area is 186 Å². The van der Waals surface area contributed by atoms with Crippen LogP contribution in [0.5, 0.6) is 0 Å². The summed E-state index contributed by atoms with van der Waals surface area (Å²) in [4.78, 5) is 36.0. The molecule has 0 saturated carbocycles. The first kappa shape index (κ1) is 22.7.